The standard InChI is InChI=1S/C21H20N4O4/c1-11(2)17-18(19(26)15-6-12(3)5-14(8-15)9-22)25(21(28)23-20(17)27)10-16-7-13(4)29-24-16/h5-8,11H,10H2,1-4H3,(H,23,27,28). The van der Waals surface area contributed by atoms with Crippen LogP contribution < -0.4 is 11.2 Å². The van der Waals surface area contributed by atoms with E-state index in [-0.39, 0.29) is 29.3 Å². The first-order chi connectivity index (χ1) is 13.7. The molecule has 0 unspecified atom stereocenters. The zero-order chi connectivity index (χ0) is 21.3. The molecule has 0 saturated heterocycles. The van der Waals surface area contributed by atoms with E-state index in [1.54, 1.807) is 45.9 Å². The second-order valence-corrected chi connectivity index (χ2v) is 7.22. The quantitative estimate of drug-likeness (QED) is 0.666. The number of H-pyrrole nitrogens is 1. The number of nitrogens with one attached hydrogen (secondary N) is 1. The molecule has 0 aliphatic rings. The molecule has 148 valence electrons. The number of aromatic nitrogens is 3. The Morgan fingerprint density at radius 3 is 2.55 bits per heavy atom. The molecule has 8 nitrogen and oxygen atoms in total. The van der Waals surface area contributed by atoms with Crippen LogP contribution in [0.5, 0.6) is 0 Å². The van der Waals surface area contributed by atoms with Gasteiger partial charge >= 0.3 is 5.69 Å². The molecule has 0 aliphatic heterocycles. The molecule has 0 radical (unpaired) electrons. The summed E-state index contributed by atoms with van der Waals surface area (Å²) < 4.78 is 6.25. The van der Waals surface area contributed by atoms with Crippen molar-refractivity contribution in [2.24, 2.45) is 0 Å². The van der Waals surface area contributed by atoms with Crippen molar-refractivity contribution in [2.45, 2.75) is 40.2 Å². The molecule has 0 fully saturated rings. The number of hydrogen-bond acceptors (Lipinski definition) is 6. The van der Waals surface area contributed by atoms with E-state index >= 15 is 0 Å². The Hall–Kier alpha value is -3.73. The molecule has 1 aromatic carbocycles. The second-order valence-electron chi connectivity index (χ2n) is 7.22. The highest BCUT2D eigenvalue weighted by Crippen LogP contribution is 2.20. The van der Waals surface area contributed by atoms with Gasteiger partial charge in [-0.25, -0.2) is 4.79 Å². The van der Waals surface area contributed by atoms with Gasteiger partial charge in [0, 0.05) is 17.2 Å². The predicted octanol–water partition coefficient (Wildman–Crippen LogP) is 2.42. The van der Waals surface area contributed by atoms with Gasteiger partial charge in [0.2, 0.25) is 5.78 Å². The monoisotopic (exact) mass is 392 g/mol. The average Bonchev–Trinajstić information content (AvgIpc) is 3.06. The van der Waals surface area contributed by atoms with Crippen molar-refractivity contribution >= 4 is 5.78 Å². The summed E-state index contributed by atoms with van der Waals surface area (Å²) in [6.07, 6.45) is 0. The lowest BCUT2D eigenvalue weighted by atomic mass is 9.95. The lowest BCUT2D eigenvalue weighted by molar-refractivity contribution is 0.102. The Bertz CT molecular complexity index is 1250. The van der Waals surface area contributed by atoms with Crippen LogP contribution in [0.25, 0.3) is 0 Å². The highest BCUT2D eigenvalue weighted by atomic mass is 16.5. The molecule has 2 aromatic heterocycles. The molecule has 0 bridgehead atoms. The number of hydrogen-bond donors (Lipinski definition) is 1. The number of aryl methyl sites for hydroxylation is 2. The number of benzene rings is 1. The highest BCUT2D eigenvalue weighted by Gasteiger charge is 2.25. The fraction of sp³-hybridized carbons (Fsp3) is 0.286. The van der Waals surface area contributed by atoms with Crippen LogP contribution in [-0.2, 0) is 6.54 Å². The van der Waals surface area contributed by atoms with Crippen molar-refractivity contribution in [3.63, 3.8) is 0 Å². The van der Waals surface area contributed by atoms with Crippen molar-refractivity contribution in [2.75, 3.05) is 0 Å². The Balaban J connectivity index is 2.29. The molecule has 0 saturated carbocycles. The van der Waals surface area contributed by atoms with Gasteiger partial charge in [0.15, 0.2) is 0 Å². The third kappa shape index (κ3) is 3.94. The molecule has 2 heterocycles. The van der Waals surface area contributed by atoms with Crippen LogP contribution in [0.2, 0.25) is 0 Å². The van der Waals surface area contributed by atoms with E-state index in [0.29, 0.717) is 17.0 Å². The van der Waals surface area contributed by atoms with Crippen LogP contribution in [0.4, 0.5) is 0 Å². The summed E-state index contributed by atoms with van der Waals surface area (Å²) in [4.78, 5) is 40.9. The minimum absolute atomic E-state index is 0.0103. The summed E-state index contributed by atoms with van der Waals surface area (Å²) in [5.41, 5.74) is 0.611. The van der Waals surface area contributed by atoms with E-state index in [1.807, 2.05) is 6.07 Å². The number of nitriles is 1. The lowest BCUT2D eigenvalue weighted by Gasteiger charge is -2.17. The van der Waals surface area contributed by atoms with E-state index in [9.17, 15) is 19.6 Å². The number of ketones is 1. The topological polar surface area (TPSA) is 122 Å². The predicted molar refractivity (Wildman–Crippen MR) is 105 cm³/mol. The maximum Gasteiger partial charge on any atom is 0.329 e. The van der Waals surface area contributed by atoms with Crippen molar-refractivity contribution in [3.8, 4) is 6.07 Å². The van der Waals surface area contributed by atoms with Gasteiger partial charge in [-0.05, 0) is 43.5 Å². The van der Waals surface area contributed by atoms with Crippen LogP contribution in [0, 0.1) is 25.2 Å². The molecule has 29 heavy (non-hydrogen) atoms. The average molecular weight is 392 g/mol. The Labute approximate surface area is 166 Å². The number of carbonyl (C=O) groups excluding carboxylic acids is 1. The SMILES string of the molecule is Cc1cc(C#N)cc(C(=O)c2c(C(C)C)c(=O)[nH]c(=O)n2Cc2cc(C)on2)c1. The number of aromatic amines is 1. The first kappa shape index (κ1) is 20.0. The summed E-state index contributed by atoms with van der Waals surface area (Å²) in [6.45, 7) is 6.99. The number of nitrogens with zero attached hydrogens (tertiary/aromatic N) is 3. The molecule has 1 N–H and O–H groups in total. The largest absolute Gasteiger partial charge is 0.361 e. The zero-order valence-electron chi connectivity index (χ0n) is 16.6. The van der Waals surface area contributed by atoms with Crippen LogP contribution in [0.15, 0.2) is 38.4 Å². The summed E-state index contributed by atoms with van der Waals surface area (Å²) in [5.74, 6) is -0.257. The van der Waals surface area contributed by atoms with Gasteiger partial charge in [-0.15, -0.1) is 0 Å². The second kappa shape index (κ2) is 7.72. The summed E-state index contributed by atoms with van der Waals surface area (Å²) in [7, 11) is 0. The summed E-state index contributed by atoms with van der Waals surface area (Å²) in [5, 5.41) is 13.1. The molecule has 3 aromatic rings. The normalized spacial score (nSPS) is 10.9. The first-order valence-electron chi connectivity index (χ1n) is 9.07. The minimum atomic E-state index is -0.712. The maximum absolute atomic E-state index is 13.4. The van der Waals surface area contributed by atoms with Gasteiger partial charge in [-0.1, -0.05) is 19.0 Å². The lowest BCUT2D eigenvalue weighted by Crippen LogP contribution is -2.38. The van der Waals surface area contributed by atoms with Crippen LogP contribution in [-0.4, -0.2) is 20.5 Å². The fourth-order valence-corrected chi connectivity index (χ4v) is 3.29. The summed E-state index contributed by atoms with van der Waals surface area (Å²) in [6, 6.07) is 8.41. The number of rotatable bonds is 5. The van der Waals surface area contributed by atoms with Crippen molar-refractivity contribution in [1.29, 1.82) is 5.26 Å². The van der Waals surface area contributed by atoms with Gasteiger partial charge in [-0.2, -0.15) is 5.26 Å². The molecule has 3 rings (SSSR count). The molecule has 0 atom stereocenters. The van der Waals surface area contributed by atoms with Gasteiger partial charge in [0.25, 0.3) is 5.56 Å². The third-order valence-corrected chi connectivity index (χ3v) is 4.49. The van der Waals surface area contributed by atoms with E-state index in [2.05, 4.69) is 10.1 Å². The molecule has 0 amide bonds. The van der Waals surface area contributed by atoms with Gasteiger partial charge < -0.3 is 4.52 Å². The maximum atomic E-state index is 13.4. The van der Waals surface area contributed by atoms with Crippen LogP contribution in [0.1, 0.15) is 64.0 Å². The Kier molecular flexibility index (Phi) is 5.33. The van der Waals surface area contributed by atoms with Gasteiger partial charge in [0.1, 0.15) is 17.1 Å². The van der Waals surface area contributed by atoms with Crippen molar-refractivity contribution in [3.05, 3.63) is 84.5 Å². The van der Waals surface area contributed by atoms with E-state index in [0.717, 1.165) is 5.56 Å². The van der Waals surface area contributed by atoms with E-state index in [4.69, 9.17) is 4.52 Å². The first-order valence-corrected chi connectivity index (χ1v) is 9.07. The van der Waals surface area contributed by atoms with Gasteiger partial charge in [-0.3, -0.25) is 19.1 Å². The fourth-order valence-electron chi connectivity index (χ4n) is 3.29. The van der Waals surface area contributed by atoms with Crippen LogP contribution in [0.3, 0.4) is 0 Å². The summed E-state index contributed by atoms with van der Waals surface area (Å²) >= 11 is 0. The molecule has 8 heteroatoms. The number of carbonyl (C=O) groups is 1. The smallest absolute Gasteiger partial charge is 0.329 e. The molecular weight excluding hydrogens is 372 g/mol. The molecular formula is C21H20N4O4. The van der Waals surface area contributed by atoms with Crippen LogP contribution >= 0.6 is 0 Å². The van der Waals surface area contributed by atoms with Crippen molar-refractivity contribution in [1.82, 2.24) is 14.7 Å². The third-order valence-electron chi connectivity index (χ3n) is 4.49. The Morgan fingerprint density at radius 2 is 1.97 bits per heavy atom. The van der Waals surface area contributed by atoms with Gasteiger partial charge in [0.05, 0.1) is 18.2 Å². The van der Waals surface area contributed by atoms with Crippen molar-refractivity contribution < 1.29 is 9.32 Å². The Morgan fingerprint density at radius 1 is 1.24 bits per heavy atom. The molecule has 0 spiro atoms. The minimum Gasteiger partial charge on any atom is -0.361 e. The highest BCUT2D eigenvalue weighted by molar-refractivity contribution is 6.09. The zero-order valence-corrected chi connectivity index (χ0v) is 16.6. The molecule has 0 aliphatic carbocycles. The van der Waals surface area contributed by atoms with E-state index in [1.165, 1.54) is 10.6 Å². The van der Waals surface area contributed by atoms with E-state index < -0.39 is 17.0 Å².